The fourth-order valence-electron chi connectivity index (χ4n) is 2.81. The lowest BCUT2D eigenvalue weighted by Gasteiger charge is -2.36. The highest BCUT2D eigenvalue weighted by atomic mass is 15.3. The summed E-state index contributed by atoms with van der Waals surface area (Å²) in [6.07, 6.45) is 6.73. The fraction of sp³-hybridized carbons (Fsp3) is 0.643. The molecule has 1 aliphatic carbocycles. The van der Waals surface area contributed by atoms with Gasteiger partial charge in [-0.15, -0.1) is 0 Å². The average Bonchev–Trinajstić information content (AvgIpc) is 3.25. The van der Waals surface area contributed by atoms with E-state index in [1.54, 1.807) is 0 Å². The van der Waals surface area contributed by atoms with Gasteiger partial charge in [0, 0.05) is 45.0 Å². The molecule has 0 atom stereocenters. The van der Waals surface area contributed by atoms with Crippen LogP contribution >= 0.6 is 0 Å². The third kappa shape index (κ3) is 2.49. The Hall–Kier alpha value is -1.13. The Kier molecular flexibility index (Phi) is 3.48. The van der Waals surface area contributed by atoms with Crippen LogP contribution in [0.1, 0.15) is 18.4 Å². The van der Waals surface area contributed by atoms with E-state index in [2.05, 4.69) is 26.2 Å². The number of pyridine rings is 1. The zero-order valence-electron chi connectivity index (χ0n) is 11.1. The predicted molar refractivity (Wildman–Crippen MR) is 73.8 cm³/mol. The first-order valence-electron chi connectivity index (χ1n) is 6.95. The monoisotopic (exact) mass is 246 g/mol. The van der Waals surface area contributed by atoms with Crippen LogP contribution in [0, 0.1) is 0 Å². The molecule has 3 rings (SSSR count). The van der Waals surface area contributed by atoms with Crippen LogP contribution in [0.25, 0.3) is 0 Å². The van der Waals surface area contributed by atoms with E-state index < -0.39 is 0 Å². The van der Waals surface area contributed by atoms with E-state index in [-0.39, 0.29) is 0 Å². The number of hydrogen-bond donors (Lipinski definition) is 1. The number of anilines is 1. The molecule has 0 spiro atoms. The van der Waals surface area contributed by atoms with Crippen LogP contribution in [0.15, 0.2) is 18.5 Å². The van der Waals surface area contributed by atoms with Gasteiger partial charge in [0.2, 0.25) is 0 Å². The van der Waals surface area contributed by atoms with Crippen LogP contribution in [0.2, 0.25) is 0 Å². The molecule has 4 heteroatoms. The molecule has 1 aromatic heterocycles. The summed E-state index contributed by atoms with van der Waals surface area (Å²) >= 11 is 0. The number of hydrogen-bond acceptors (Lipinski definition) is 4. The lowest BCUT2D eigenvalue weighted by atomic mass is 10.2. The molecule has 2 fully saturated rings. The molecule has 0 unspecified atom stereocenters. The summed E-state index contributed by atoms with van der Waals surface area (Å²) in [6.45, 7) is 5.61. The molecular formula is C14H22N4. The second-order valence-corrected chi connectivity index (χ2v) is 5.29. The van der Waals surface area contributed by atoms with Crippen molar-refractivity contribution in [3.63, 3.8) is 0 Å². The van der Waals surface area contributed by atoms with Crippen molar-refractivity contribution in [2.45, 2.75) is 25.4 Å². The Morgan fingerprint density at radius 2 is 2.06 bits per heavy atom. The van der Waals surface area contributed by atoms with Crippen molar-refractivity contribution in [1.82, 2.24) is 15.2 Å². The Balaban J connectivity index is 1.67. The summed E-state index contributed by atoms with van der Waals surface area (Å²) in [5.74, 6) is 0. The highest BCUT2D eigenvalue weighted by molar-refractivity contribution is 5.52. The second kappa shape index (κ2) is 5.24. The smallest absolute Gasteiger partial charge is 0.0599 e. The number of aromatic nitrogens is 1. The highest BCUT2D eigenvalue weighted by Gasteiger charge is 2.31. The standard InChI is InChI=1S/C14H22N4/c1-15-10-12-4-5-16-11-14(12)18-8-6-17(7-9-18)13-2-3-13/h4-5,11,13,15H,2-3,6-10H2,1H3. The molecule has 1 aromatic rings. The van der Waals surface area contributed by atoms with E-state index in [4.69, 9.17) is 0 Å². The first kappa shape index (κ1) is 11.9. The molecule has 2 aliphatic rings. The van der Waals surface area contributed by atoms with Gasteiger partial charge < -0.3 is 10.2 Å². The normalized spacial score (nSPS) is 21.3. The van der Waals surface area contributed by atoms with Crippen molar-refractivity contribution in [2.24, 2.45) is 0 Å². The highest BCUT2D eigenvalue weighted by Crippen LogP contribution is 2.29. The van der Waals surface area contributed by atoms with E-state index >= 15 is 0 Å². The molecular weight excluding hydrogens is 224 g/mol. The molecule has 98 valence electrons. The quantitative estimate of drug-likeness (QED) is 0.861. The van der Waals surface area contributed by atoms with Crippen LogP contribution in [0.5, 0.6) is 0 Å². The van der Waals surface area contributed by atoms with Crippen molar-refractivity contribution in [3.8, 4) is 0 Å². The zero-order chi connectivity index (χ0) is 12.4. The third-order valence-corrected chi connectivity index (χ3v) is 3.97. The SMILES string of the molecule is CNCc1ccncc1N1CCN(C2CC2)CC1. The van der Waals surface area contributed by atoms with E-state index in [9.17, 15) is 0 Å². The molecule has 18 heavy (non-hydrogen) atoms. The van der Waals surface area contributed by atoms with Crippen LogP contribution in [-0.4, -0.2) is 49.2 Å². The second-order valence-electron chi connectivity index (χ2n) is 5.29. The molecule has 0 aromatic carbocycles. The van der Waals surface area contributed by atoms with Crippen molar-refractivity contribution >= 4 is 5.69 Å². The Bertz CT molecular complexity index is 395. The first-order valence-corrected chi connectivity index (χ1v) is 6.95. The van der Waals surface area contributed by atoms with Crippen molar-refractivity contribution in [2.75, 3.05) is 38.1 Å². The van der Waals surface area contributed by atoms with Crippen LogP contribution in [-0.2, 0) is 6.54 Å². The number of piperazine rings is 1. The van der Waals surface area contributed by atoms with Gasteiger partial charge in [0.25, 0.3) is 0 Å². The third-order valence-electron chi connectivity index (χ3n) is 3.97. The minimum Gasteiger partial charge on any atom is -0.367 e. The fourth-order valence-corrected chi connectivity index (χ4v) is 2.81. The largest absolute Gasteiger partial charge is 0.367 e. The molecule has 1 saturated heterocycles. The Morgan fingerprint density at radius 3 is 2.72 bits per heavy atom. The maximum atomic E-state index is 4.29. The van der Waals surface area contributed by atoms with Crippen molar-refractivity contribution in [3.05, 3.63) is 24.0 Å². The molecule has 2 heterocycles. The molecule has 0 amide bonds. The van der Waals surface area contributed by atoms with Gasteiger partial charge in [-0.25, -0.2) is 0 Å². The number of nitrogens with zero attached hydrogens (tertiary/aromatic N) is 3. The lowest BCUT2D eigenvalue weighted by molar-refractivity contribution is 0.248. The zero-order valence-corrected chi connectivity index (χ0v) is 11.1. The molecule has 1 saturated carbocycles. The van der Waals surface area contributed by atoms with Gasteiger partial charge in [0.1, 0.15) is 0 Å². The number of rotatable bonds is 4. The summed E-state index contributed by atoms with van der Waals surface area (Å²) < 4.78 is 0. The molecule has 1 N–H and O–H groups in total. The van der Waals surface area contributed by atoms with Gasteiger partial charge >= 0.3 is 0 Å². The summed E-state index contributed by atoms with van der Waals surface area (Å²) in [7, 11) is 2.00. The van der Waals surface area contributed by atoms with Crippen molar-refractivity contribution in [1.29, 1.82) is 0 Å². The van der Waals surface area contributed by atoms with E-state index in [0.717, 1.165) is 25.7 Å². The minimum absolute atomic E-state index is 0.901. The average molecular weight is 246 g/mol. The first-order chi connectivity index (χ1) is 8.88. The van der Waals surface area contributed by atoms with Crippen molar-refractivity contribution < 1.29 is 0 Å². The topological polar surface area (TPSA) is 31.4 Å². The van der Waals surface area contributed by atoms with Gasteiger partial charge in [-0.05, 0) is 31.5 Å². The van der Waals surface area contributed by atoms with Crippen LogP contribution in [0.3, 0.4) is 0 Å². The summed E-state index contributed by atoms with van der Waals surface area (Å²) in [5, 5.41) is 3.24. The van der Waals surface area contributed by atoms with E-state index in [0.29, 0.717) is 0 Å². The van der Waals surface area contributed by atoms with Gasteiger partial charge in [0.15, 0.2) is 0 Å². The van der Waals surface area contributed by atoms with Crippen LogP contribution in [0.4, 0.5) is 5.69 Å². The maximum Gasteiger partial charge on any atom is 0.0599 e. The van der Waals surface area contributed by atoms with Gasteiger partial charge in [-0.2, -0.15) is 0 Å². The summed E-state index contributed by atoms with van der Waals surface area (Å²) in [4.78, 5) is 9.41. The summed E-state index contributed by atoms with van der Waals surface area (Å²) in [6, 6.07) is 3.02. The lowest BCUT2D eigenvalue weighted by Crippen LogP contribution is -2.47. The molecule has 4 nitrogen and oxygen atoms in total. The van der Waals surface area contributed by atoms with Gasteiger partial charge in [-0.3, -0.25) is 9.88 Å². The Morgan fingerprint density at radius 1 is 1.28 bits per heavy atom. The van der Waals surface area contributed by atoms with E-state index in [1.165, 1.54) is 37.2 Å². The maximum absolute atomic E-state index is 4.29. The minimum atomic E-state index is 0.901. The van der Waals surface area contributed by atoms with Gasteiger partial charge in [0.05, 0.1) is 11.9 Å². The molecule has 1 aliphatic heterocycles. The Labute approximate surface area is 109 Å². The molecule has 0 bridgehead atoms. The number of nitrogens with one attached hydrogen (secondary N) is 1. The van der Waals surface area contributed by atoms with Gasteiger partial charge in [-0.1, -0.05) is 0 Å². The van der Waals surface area contributed by atoms with Crippen LogP contribution < -0.4 is 10.2 Å². The van der Waals surface area contributed by atoms with E-state index in [1.807, 2.05) is 19.4 Å². The predicted octanol–water partition coefficient (Wildman–Crippen LogP) is 1.09. The summed E-state index contributed by atoms with van der Waals surface area (Å²) in [5.41, 5.74) is 2.66. The molecule has 0 radical (unpaired) electrons.